The minimum absolute atomic E-state index is 0.109. The molecular formula is C46H27N3O2S. The van der Waals surface area contributed by atoms with E-state index >= 15 is 0 Å². The van der Waals surface area contributed by atoms with Gasteiger partial charge in [0.15, 0.2) is 5.82 Å². The van der Waals surface area contributed by atoms with Crippen LogP contribution >= 0.6 is 11.3 Å². The number of rotatable bonds is 5. The summed E-state index contributed by atoms with van der Waals surface area (Å²) in [5.41, 5.74) is -2.90. The summed E-state index contributed by atoms with van der Waals surface area (Å²) >= 11 is 1.44. The van der Waals surface area contributed by atoms with Crippen molar-refractivity contribution >= 4 is 92.6 Å². The zero-order valence-electron chi connectivity index (χ0n) is 44.3. The molecule has 0 atom stereocenters. The zero-order valence-corrected chi connectivity index (χ0v) is 27.1. The van der Waals surface area contributed by atoms with Gasteiger partial charge in [0.2, 0.25) is 0 Å². The first-order valence-electron chi connectivity index (χ1n) is 24.8. The van der Waals surface area contributed by atoms with Gasteiger partial charge in [0.05, 0.1) is 40.6 Å². The van der Waals surface area contributed by atoms with Gasteiger partial charge >= 0.3 is 0 Å². The average Bonchev–Trinajstić information content (AvgIpc) is 4.08. The van der Waals surface area contributed by atoms with Crippen LogP contribution in [0.25, 0.3) is 86.8 Å². The van der Waals surface area contributed by atoms with Crippen LogP contribution in [0.2, 0.25) is 0 Å². The molecule has 11 aromatic rings. The predicted molar refractivity (Wildman–Crippen MR) is 215 cm³/mol. The maximum Gasteiger partial charge on any atom is 0.161 e. The second kappa shape index (κ2) is 11.4. The molecule has 0 saturated heterocycles. The molecule has 0 unspecified atom stereocenters. The van der Waals surface area contributed by atoms with Crippen molar-refractivity contribution in [2.45, 2.75) is 0 Å². The molecule has 0 N–H and O–H groups in total. The van der Waals surface area contributed by atoms with Gasteiger partial charge in [-0.15, -0.1) is 11.3 Å². The molecule has 5 nitrogen and oxygen atoms in total. The summed E-state index contributed by atoms with van der Waals surface area (Å²) < 4.78 is 176. The van der Waals surface area contributed by atoms with E-state index in [1.807, 2.05) is 54.6 Å². The fourth-order valence-corrected chi connectivity index (χ4v) is 7.46. The lowest BCUT2D eigenvalue weighted by Gasteiger charge is -2.25. The highest BCUT2D eigenvalue weighted by Crippen LogP contribution is 2.44. The number of benzene rings is 7. The minimum Gasteiger partial charge on any atom is -0.456 e. The van der Waals surface area contributed by atoms with Crippen LogP contribution in [-0.2, 0) is 0 Å². The number of anilines is 3. The third-order valence-electron chi connectivity index (χ3n) is 8.58. The molecule has 0 spiro atoms. The van der Waals surface area contributed by atoms with Gasteiger partial charge in [-0.3, -0.25) is 0 Å². The van der Waals surface area contributed by atoms with E-state index < -0.39 is 154 Å². The summed E-state index contributed by atoms with van der Waals surface area (Å²) in [6.45, 7) is 0. The first-order valence-corrected chi connectivity index (χ1v) is 16.6. The summed E-state index contributed by atoms with van der Waals surface area (Å²) in [5.74, 6) is -0.109. The van der Waals surface area contributed by atoms with Crippen LogP contribution in [0.5, 0.6) is 0 Å². The molecule has 4 heterocycles. The van der Waals surface area contributed by atoms with E-state index in [-0.39, 0.29) is 27.5 Å². The minimum atomic E-state index is -0.957. The summed E-state index contributed by atoms with van der Waals surface area (Å²) in [6, 6.07) is 2.36. The molecule has 0 saturated carbocycles. The smallest absolute Gasteiger partial charge is 0.161 e. The largest absolute Gasteiger partial charge is 0.456 e. The number of thiophene rings is 1. The zero-order chi connectivity index (χ0) is 49.8. The first kappa shape index (κ1) is 16.5. The van der Waals surface area contributed by atoms with Crippen LogP contribution in [-0.4, -0.2) is 9.97 Å². The number of furan rings is 2. The van der Waals surface area contributed by atoms with Crippen molar-refractivity contribution in [1.29, 1.82) is 0 Å². The molecular weight excluding hydrogens is 659 g/mol. The van der Waals surface area contributed by atoms with E-state index in [9.17, 15) is 8.22 Å². The van der Waals surface area contributed by atoms with Gasteiger partial charge in [-0.05, 0) is 60.4 Å². The Morgan fingerprint density at radius 1 is 0.538 bits per heavy atom. The van der Waals surface area contributed by atoms with Crippen LogP contribution in [0, 0.1) is 0 Å². The second-order valence-electron chi connectivity index (χ2n) is 11.6. The monoisotopic (exact) mass is 703 g/mol. The fourth-order valence-electron chi connectivity index (χ4n) is 6.31. The van der Waals surface area contributed by atoms with Crippen molar-refractivity contribution in [3.8, 4) is 22.6 Å². The number of hydrogen-bond donors (Lipinski definition) is 0. The SMILES string of the molecule is [2H]c1c([2H])c([2H])c(N(c2c([2H])c([2H])c3c(oc4c([2H])c([2H])c([2H])c(-c5nc(-c6ccccc6)c6sc7ccccc7c6n5)c43)c2[2H])c2c([2H])c([2H])c3oc4c([2H])c([2H])c([2H])c([2H])c4c3c2[2H])c([2H])c1[2H]. The van der Waals surface area contributed by atoms with E-state index in [2.05, 4.69) is 0 Å². The average molecular weight is 704 g/mol. The molecule has 0 amide bonds. The van der Waals surface area contributed by atoms with E-state index in [1.54, 1.807) is 0 Å². The van der Waals surface area contributed by atoms with Crippen LogP contribution < -0.4 is 4.90 Å². The molecule has 52 heavy (non-hydrogen) atoms. The van der Waals surface area contributed by atoms with Crippen LogP contribution in [0.3, 0.4) is 0 Å². The van der Waals surface area contributed by atoms with Crippen LogP contribution in [0.1, 0.15) is 24.7 Å². The second-order valence-corrected chi connectivity index (χ2v) is 12.6. The Kier molecular flexibility index (Phi) is 3.61. The highest BCUT2D eigenvalue weighted by molar-refractivity contribution is 7.26. The molecule has 0 radical (unpaired) electrons. The van der Waals surface area contributed by atoms with Crippen LogP contribution in [0.15, 0.2) is 172 Å². The van der Waals surface area contributed by atoms with Gasteiger partial charge in [0.25, 0.3) is 0 Å². The van der Waals surface area contributed by atoms with Crippen molar-refractivity contribution < 1.29 is 33.5 Å². The Bertz CT molecular complexity index is 4160. The van der Waals surface area contributed by atoms with E-state index in [0.717, 1.165) is 10.1 Å². The van der Waals surface area contributed by atoms with Crippen molar-refractivity contribution in [1.82, 2.24) is 9.97 Å². The maximum atomic E-state index is 9.81. The lowest BCUT2D eigenvalue weighted by molar-refractivity contribution is 0.668. The Labute approximate surface area is 326 Å². The number of hydrogen-bond acceptors (Lipinski definition) is 6. The molecule has 0 aliphatic rings. The number of fused-ring (bicyclic) bond motifs is 9. The molecule has 7 aromatic carbocycles. The number of para-hydroxylation sites is 2. The molecule has 6 heteroatoms. The fraction of sp³-hybridized carbons (Fsp3) is 0. The highest BCUT2D eigenvalue weighted by atomic mass is 32.1. The number of aromatic nitrogens is 2. The Morgan fingerprint density at radius 2 is 1.29 bits per heavy atom. The molecule has 0 aliphatic carbocycles. The third kappa shape index (κ3) is 4.48. The highest BCUT2D eigenvalue weighted by Gasteiger charge is 2.21. The Balaban J connectivity index is 1.29. The van der Waals surface area contributed by atoms with Gasteiger partial charge in [0.1, 0.15) is 22.3 Å². The Morgan fingerprint density at radius 3 is 2.21 bits per heavy atom. The molecule has 0 aliphatic heterocycles. The maximum absolute atomic E-state index is 9.81. The normalized spacial score (nSPS) is 16.7. The molecule has 11 rings (SSSR count). The Hall–Kier alpha value is -6.76. The van der Waals surface area contributed by atoms with E-state index in [4.69, 9.17) is 35.3 Å². The summed E-state index contributed by atoms with van der Waals surface area (Å²) in [7, 11) is 0. The third-order valence-corrected chi connectivity index (χ3v) is 9.75. The van der Waals surface area contributed by atoms with Crippen molar-refractivity contribution in [3.05, 3.63) is 163 Å². The van der Waals surface area contributed by atoms with Gasteiger partial charge in [-0.1, -0.05) is 96.9 Å². The topological polar surface area (TPSA) is 55.3 Å². The van der Waals surface area contributed by atoms with Gasteiger partial charge in [0, 0.05) is 65.9 Å². The summed E-state index contributed by atoms with van der Waals surface area (Å²) in [4.78, 5) is 10.5. The lowest BCUT2D eigenvalue weighted by Crippen LogP contribution is -2.09. The standard InChI is InChI=1S/C46H27N3O2S/c1-3-12-28(13-4-1)43-45-44(34-17-8-10-21-41(34)52-45)48-46(47-43)35-18-11-20-39-42(35)33-24-22-31(27-40(33)51-39)49(29-14-5-2-6-15-29)30-23-25-38-36(26-30)32-16-7-9-19-37(32)50-38/h1-27H/i2D,5D,6D,7D,9D,11D,14D,15D,16D,18D,19D,20D,22D,23D,24D,25D,26D,27D. The summed E-state index contributed by atoms with van der Waals surface area (Å²) in [6.07, 6.45) is 0. The lowest BCUT2D eigenvalue weighted by atomic mass is 10.0. The van der Waals surface area contributed by atoms with E-state index in [1.165, 1.54) is 11.3 Å². The van der Waals surface area contributed by atoms with Gasteiger partial charge < -0.3 is 13.7 Å². The van der Waals surface area contributed by atoms with Crippen molar-refractivity contribution in [2.75, 3.05) is 4.90 Å². The first-order chi connectivity index (χ1) is 33.3. The van der Waals surface area contributed by atoms with Crippen molar-refractivity contribution in [3.63, 3.8) is 0 Å². The molecule has 4 aromatic heterocycles. The molecule has 0 fully saturated rings. The predicted octanol–water partition coefficient (Wildman–Crippen LogP) is 13.4. The quantitative estimate of drug-likeness (QED) is 0.179. The van der Waals surface area contributed by atoms with E-state index in [0.29, 0.717) is 26.4 Å². The van der Waals surface area contributed by atoms with Gasteiger partial charge in [-0.25, -0.2) is 9.97 Å². The van der Waals surface area contributed by atoms with Crippen molar-refractivity contribution in [2.24, 2.45) is 0 Å². The molecule has 0 bridgehead atoms. The number of nitrogens with zero attached hydrogens (tertiary/aromatic N) is 3. The summed E-state index contributed by atoms with van der Waals surface area (Å²) in [5, 5.41) is -0.566. The van der Waals surface area contributed by atoms with Crippen LogP contribution in [0.4, 0.5) is 17.1 Å². The van der Waals surface area contributed by atoms with Gasteiger partial charge in [-0.2, -0.15) is 0 Å². The molecule has 244 valence electrons.